The zero-order valence-electron chi connectivity index (χ0n) is 20.7. The molecule has 0 saturated carbocycles. The van der Waals surface area contributed by atoms with Gasteiger partial charge in [0.1, 0.15) is 5.01 Å². The Morgan fingerprint density at radius 1 is 1.09 bits per heavy atom. The molecule has 0 spiro atoms. The molecule has 3 rings (SSSR count). The van der Waals surface area contributed by atoms with Gasteiger partial charge in [0.2, 0.25) is 5.91 Å². The van der Waals surface area contributed by atoms with Crippen LogP contribution in [0.2, 0.25) is 0 Å². The highest BCUT2D eigenvalue weighted by atomic mass is 32.2. The minimum Gasteiger partial charge on any atom is -0.593 e. The molecule has 0 aliphatic carbocycles. The van der Waals surface area contributed by atoms with Crippen molar-refractivity contribution >= 4 is 57.3 Å². The summed E-state index contributed by atoms with van der Waals surface area (Å²) < 4.78 is 16.3. The average molecular weight is 530 g/mol. The maximum atomic E-state index is 13.2. The maximum absolute atomic E-state index is 13.2. The van der Waals surface area contributed by atoms with Crippen molar-refractivity contribution in [3.05, 3.63) is 48.7 Å². The number of amides is 1. The number of aromatic nitrogens is 1. The second-order valence-electron chi connectivity index (χ2n) is 9.37. The molecule has 1 unspecified atom stereocenters. The number of hydrogen-bond donors (Lipinski definition) is 4. The van der Waals surface area contributed by atoms with Gasteiger partial charge in [-0.1, -0.05) is 12.1 Å². The monoisotopic (exact) mass is 529 g/mol. The van der Waals surface area contributed by atoms with E-state index in [0.717, 1.165) is 26.7 Å². The summed E-state index contributed by atoms with van der Waals surface area (Å²) in [6, 6.07) is 13.6. The van der Waals surface area contributed by atoms with Crippen molar-refractivity contribution in [2.75, 3.05) is 10.6 Å². The molecule has 2 aromatic carbocycles. The third-order valence-corrected chi connectivity index (χ3v) is 7.32. The molecule has 3 aromatic rings. The molecule has 1 atom stereocenters. The molecule has 186 valence electrons. The molecule has 1 heterocycles. The van der Waals surface area contributed by atoms with E-state index in [1.807, 2.05) is 71.1 Å². The van der Waals surface area contributed by atoms with Crippen molar-refractivity contribution in [2.45, 2.75) is 58.0 Å². The summed E-state index contributed by atoms with van der Waals surface area (Å²) >= 11 is 5.33. The standard InChI is InChI=1S/C25H31N5O2S3/c1-15(2)27-24(33)29-18-9-7-17(8-10-18)21-14-26-23(34-21)20-12-11-19(28-16(3)31)13-22(20)35(32)30-25(4,5)6/h7-15,30H,1-6H3,(H,28,31)(H2,27,29,33). The molecule has 1 aromatic heterocycles. The molecule has 0 saturated heterocycles. The summed E-state index contributed by atoms with van der Waals surface area (Å²) in [5.74, 6) is -0.187. The van der Waals surface area contributed by atoms with Crippen LogP contribution >= 0.6 is 23.6 Å². The van der Waals surface area contributed by atoms with Gasteiger partial charge in [-0.05, 0) is 76.7 Å². The van der Waals surface area contributed by atoms with E-state index in [0.29, 0.717) is 15.7 Å². The largest absolute Gasteiger partial charge is 0.593 e. The fourth-order valence-corrected chi connectivity index (χ4v) is 5.79. The highest BCUT2D eigenvalue weighted by Gasteiger charge is 2.26. The normalized spacial score (nSPS) is 12.3. The predicted octanol–water partition coefficient (Wildman–Crippen LogP) is 5.54. The maximum Gasteiger partial charge on any atom is 0.221 e. The number of carbonyl (C=O) groups is 1. The molecular weight excluding hydrogens is 499 g/mol. The van der Waals surface area contributed by atoms with E-state index < -0.39 is 11.4 Å². The lowest BCUT2D eigenvalue weighted by atomic mass is 10.1. The van der Waals surface area contributed by atoms with Gasteiger partial charge in [0.25, 0.3) is 0 Å². The Morgan fingerprint density at radius 3 is 2.34 bits per heavy atom. The van der Waals surface area contributed by atoms with E-state index in [2.05, 4.69) is 25.7 Å². The third-order valence-electron chi connectivity index (χ3n) is 4.48. The Labute approximate surface area is 219 Å². The molecule has 1 amide bonds. The van der Waals surface area contributed by atoms with Gasteiger partial charge in [-0.3, -0.25) is 4.79 Å². The number of rotatable bonds is 7. The highest BCUT2D eigenvalue weighted by Crippen LogP contribution is 2.37. The Hall–Kier alpha value is -2.50. The molecule has 0 aliphatic rings. The van der Waals surface area contributed by atoms with Crippen molar-refractivity contribution in [1.29, 1.82) is 0 Å². The Bertz CT molecular complexity index is 1190. The van der Waals surface area contributed by atoms with E-state index in [-0.39, 0.29) is 17.5 Å². The number of thiazole rings is 1. The zero-order valence-corrected chi connectivity index (χ0v) is 23.1. The summed E-state index contributed by atoms with van der Waals surface area (Å²) in [5.41, 5.74) is 2.91. The second-order valence-corrected chi connectivity index (χ2v) is 12.0. The summed E-state index contributed by atoms with van der Waals surface area (Å²) in [4.78, 5) is 17.7. The zero-order chi connectivity index (χ0) is 25.8. The smallest absolute Gasteiger partial charge is 0.221 e. The Morgan fingerprint density at radius 2 is 1.74 bits per heavy atom. The van der Waals surface area contributed by atoms with E-state index >= 15 is 0 Å². The first-order valence-electron chi connectivity index (χ1n) is 11.2. The number of anilines is 2. The van der Waals surface area contributed by atoms with Crippen molar-refractivity contribution in [3.8, 4) is 21.0 Å². The van der Waals surface area contributed by atoms with Gasteiger partial charge >= 0.3 is 0 Å². The van der Waals surface area contributed by atoms with E-state index in [1.54, 1.807) is 12.1 Å². The molecule has 0 radical (unpaired) electrons. The lowest BCUT2D eigenvalue weighted by Gasteiger charge is -2.23. The molecular formula is C25H31N5O2S3. The third kappa shape index (κ3) is 8.01. The van der Waals surface area contributed by atoms with Crippen LogP contribution in [0, 0.1) is 0 Å². The molecule has 0 fully saturated rings. The first kappa shape index (κ1) is 27.1. The summed E-state index contributed by atoms with van der Waals surface area (Å²) in [7, 11) is 0. The molecule has 0 bridgehead atoms. The van der Waals surface area contributed by atoms with Crippen LogP contribution in [-0.4, -0.2) is 32.1 Å². The van der Waals surface area contributed by atoms with Gasteiger partial charge in [0.15, 0.2) is 10.0 Å². The van der Waals surface area contributed by atoms with Gasteiger partial charge in [-0.2, -0.15) is 0 Å². The van der Waals surface area contributed by atoms with E-state index in [9.17, 15) is 9.35 Å². The fourth-order valence-electron chi connectivity index (χ4n) is 3.15. The molecule has 0 aliphatic heterocycles. The van der Waals surface area contributed by atoms with Gasteiger partial charge in [-0.25, -0.2) is 4.98 Å². The number of thiocarbonyl (C=S) groups is 1. The van der Waals surface area contributed by atoms with Crippen LogP contribution < -0.4 is 20.7 Å². The van der Waals surface area contributed by atoms with Crippen molar-refractivity contribution in [2.24, 2.45) is 0 Å². The SMILES string of the molecule is CC(=O)Nc1ccc(-c2ncc(-c3ccc(NC(=S)NC(C)C)cc3)s2)c([S+]([O-])NC(C)(C)C)c1. The topological polar surface area (TPSA) is 101 Å². The fraction of sp³-hybridized carbons (Fsp3) is 0.320. The lowest BCUT2D eigenvalue weighted by Crippen LogP contribution is -2.40. The van der Waals surface area contributed by atoms with Crippen LogP contribution in [0.1, 0.15) is 41.5 Å². The molecule has 4 N–H and O–H groups in total. The number of nitrogens with zero attached hydrogens (tertiary/aromatic N) is 1. The van der Waals surface area contributed by atoms with Crippen LogP contribution in [0.5, 0.6) is 0 Å². The van der Waals surface area contributed by atoms with Crippen LogP contribution in [0.15, 0.2) is 53.6 Å². The minimum absolute atomic E-state index is 0.187. The number of nitrogens with one attached hydrogen (secondary N) is 4. The number of benzene rings is 2. The number of carbonyl (C=O) groups excluding carboxylic acids is 1. The van der Waals surface area contributed by atoms with Gasteiger partial charge in [0.05, 0.1) is 27.3 Å². The van der Waals surface area contributed by atoms with Gasteiger partial charge in [-0.15, -0.1) is 16.1 Å². The van der Waals surface area contributed by atoms with Gasteiger partial charge < -0.3 is 20.5 Å². The Balaban J connectivity index is 1.87. The van der Waals surface area contributed by atoms with Gasteiger partial charge in [0, 0.05) is 36.6 Å². The summed E-state index contributed by atoms with van der Waals surface area (Å²) in [5, 5.41) is 10.4. The van der Waals surface area contributed by atoms with Crippen LogP contribution in [0.3, 0.4) is 0 Å². The van der Waals surface area contributed by atoms with Crippen LogP contribution in [0.25, 0.3) is 21.0 Å². The first-order valence-corrected chi connectivity index (χ1v) is 13.5. The first-order chi connectivity index (χ1) is 16.4. The van der Waals surface area contributed by atoms with E-state index in [4.69, 9.17) is 12.2 Å². The summed E-state index contributed by atoms with van der Waals surface area (Å²) in [6.45, 7) is 11.4. The minimum atomic E-state index is -1.50. The van der Waals surface area contributed by atoms with Crippen molar-refractivity contribution in [3.63, 3.8) is 0 Å². The second kappa shape index (κ2) is 11.5. The predicted molar refractivity (Wildman–Crippen MR) is 151 cm³/mol. The molecule has 10 heteroatoms. The quantitative estimate of drug-likeness (QED) is 0.235. The highest BCUT2D eigenvalue weighted by molar-refractivity contribution is 7.89. The van der Waals surface area contributed by atoms with Crippen molar-refractivity contribution < 1.29 is 9.35 Å². The summed E-state index contributed by atoms with van der Waals surface area (Å²) in [6.07, 6.45) is 1.82. The van der Waals surface area contributed by atoms with Crippen LogP contribution in [0.4, 0.5) is 11.4 Å². The van der Waals surface area contributed by atoms with Crippen molar-refractivity contribution in [1.82, 2.24) is 15.0 Å². The molecule has 35 heavy (non-hydrogen) atoms. The Kier molecular flexibility index (Phi) is 8.89. The van der Waals surface area contributed by atoms with E-state index in [1.165, 1.54) is 18.3 Å². The average Bonchev–Trinajstić information content (AvgIpc) is 3.22. The van der Waals surface area contributed by atoms with Crippen LogP contribution in [-0.2, 0) is 16.2 Å². The molecule has 7 nitrogen and oxygen atoms in total. The number of hydrogen-bond acceptors (Lipinski definition) is 6. The lowest BCUT2D eigenvalue weighted by molar-refractivity contribution is -0.114.